The summed E-state index contributed by atoms with van der Waals surface area (Å²) in [5, 5.41) is 24.2. The molecule has 0 bridgehead atoms. The first-order valence-corrected chi connectivity index (χ1v) is 7.65. The molecule has 1 aromatic heterocycles. The molecule has 2 aromatic rings. The number of nitrogen functional groups attached to an aromatic ring is 2. The maximum atomic E-state index is 9.28. The van der Waals surface area contributed by atoms with E-state index in [-0.39, 0.29) is 28.8 Å². The van der Waals surface area contributed by atoms with Gasteiger partial charge in [-0.3, -0.25) is 5.32 Å². The SMILES string of the molecule is N#CNC1=NC(c2cc(Cl)ccc2Cl)c2c(nc(N)c(C#N)c2N)N1. The monoisotopic (exact) mass is 372 g/mol. The summed E-state index contributed by atoms with van der Waals surface area (Å²) in [6.45, 7) is 0. The molecule has 0 fully saturated rings. The zero-order chi connectivity index (χ0) is 18.1. The minimum atomic E-state index is -0.724. The summed E-state index contributed by atoms with van der Waals surface area (Å²) in [7, 11) is 0. The fraction of sp³-hybridized carbons (Fsp3) is 0.0667. The standard InChI is InChI=1S/C15H10Cl2N8/c16-6-1-2-9(17)7(3-6)12-10-11(20)8(4-18)13(21)24-14(10)25-15(23-12)22-5-19/h1-3,12H,(H6,20,21,22,23,24,25). The third-order valence-corrected chi connectivity index (χ3v) is 4.19. The highest BCUT2D eigenvalue weighted by atomic mass is 35.5. The number of hydrogen-bond donors (Lipinski definition) is 4. The Hall–Kier alpha value is -3.20. The fourth-order valence-electron chi connectivity index (χ4n) is 2.53. The number of nitriles is 2. The number of pyridine rings is 1. The molecule has 0 amide bonds. The van der Waals surface area contributed by atoms with Gasteiger partial charge in [0.15, 0.2) is 6.19 Å². The first kappa shape index (κ1) is 16.7. The van der Waals surface area contributed by atoms with Gasteiger partial charge >= 0.3 is 0 Å². The van der Waals surface area contributed by atoms with E-state index in [9.17, 15) is 5.26 Å². The van der Waals surface area contributed by atoms with Gasteiger partial charge in [-0.15, -0.1) is 0 Å². The number of halogens is 2. The Balaban J connectivity index is 2.30. The molecule has 6 N–H and O–H groups in total. The molecule has 0 aliphatic carbocycles. The van der Waals surface area contributed by atoms with Crippen molar-refractivity contribution in [2.45, 2.75) is 6.04 Å². The molecule has 2 heterocycles. The molecular weight excluding hydrogens is 363 g/mol. The molecular formula is C15H10Cl2N8. The summed E-state index contributed by atoms with van der Waals surface area (Å²) >= 11 is 12.4. The molecule has 0 radical (unpaired) electrons. The number of rotatable bonds is 1. The molecule has 8 nitrogen and oxygen atoms in total. The maximum Gasteiger partial charge on any atom is 0.211 e. The summed E-state index contributed by atoms with van der Waals surface area (Å²) in [6, 6.07) is 6.11. The number of guanidine groups is 1. The number of aliphatic imine (C=N–C) groups is 1. The van der Waals surface area contributed by atoms with E-state index in [0.29, 0.717) is 21.2 Å². The summed E-state index contributed by atoms with van der Waals surface area (Å²) in [5.41, 5.74) is 13.1. The number of aromatic nitrogens is 1. The predicted octanol–water partition coefficient (Wildman–Crippen LogP) is 2.37. The number of nitrogens with zero attached hydrogens (tertiary/aromatic N) is 4. The summed E-state index contributed by atoms with van der Waals surface area (Å²) in [5.74, 6) is 0.398. The van der Waals surface area contributed by atoms with Crippen LogP contribution in [0, 0.1) is 22.8 Å². The van der Waals surface area contributed by atoms with Crippen LogP contribution in [0.1, 0.15) is 22.7 Å². The van der Waals surface area contributed by atoms with Gasteiger partial charge in [0.1, 0.15) is 29.3 Å². The van der Waals surface area contributed by atoms with E-state index in [1.165, 1.54) is 0 Å². The highest BCUT2D eigenvalue weighted by Crippen LogP contribution is 2.42. The van der Waals surface area contributed by atoms with Crippen LogP contribution in [-0.2, 0) is 0 Å². The summed E-state index contributed by atoms with van der Waals surface area (Å²) in [4.78, 5) is 8.57. The lowest BCUT2D eigenvalue weighted by atomic mass is 9.95. The molecule has 3 rings (SSSR count). The molecule has 25 heavy (non-hydrogen) atoms. The number of nitrogens with two attached hydrogens (primary N) is 2. The first-order chi connectivity index (χ1) is 12.0. The molecule has 0 saturated carbocycles. The lowest BCUT2D eigenvalue weighted by Crippen LogP contribution is -2.32. The molecule has 124 valence electrons. The molecule has 0 spiro atoms. The molecule has 10 heteroatoms. The highest BCUT2D eigenvalue weighted by molar-refractivity contribution is 6.33. The Kier molecular flexibility index (Phi) is 4.24. The third-order valence-electron chi connectivity index (χ3n) is 3.61. The molecule has 1 unspecified atom stereocenters. The number of anilines is 3. The second kappa shape index (κ2) is 6.36. The lowest BCUT2D eigenvalue weighted by molar-refractivity contribution is 0.847. The molecule has 1 aromatic carbocycles. The van der Waals surface area contributed by atoms with E-state index >= 15 is 0 Å². The van der Waals surface area contributed by atoms with Crippen LogP contribution in [0.2, 0.25) is 10.0 Å². The van der Waals surface area contributed by atoms with E-state index in [0.717, 1.165) is 0 Å². The number of hydrogen-bond acceptors (Lipinski definition) is 8. The van der Waals surface area contributed by atoms with Gasteiger partial charge in [0, 0.05) is 21.2 Å². The van der Waals surface area contributed by atoms with Gasteiger partial charge in [-0.1, -0.05) is 23.2 Å². The van der Waals surface area contributed by atoms with E-state index in [1.54, 1.807) is 24.4 Å². The Morgan fingerprint density at radius 3 is 2.68 bits per heavy atom. The minimum Gasteiger partial charge on any atom is -0.397 e. The Bertz CT molecular complexity index is 986. The highest BCUT2D eigenvalue weighted by Gasteiger charge is 2.30. The van der Waals surface area contributed by atoms with Gasteiger partial charge in [-0.2, -0.15) is 10.5 Å². The van der Waals surface area contributed by atoms with E-state index in [2.05, 4.69) is 20.6 Å². The molecule has 0 saturated heterocycles. The van der Waals surface area contributed by atoms with E-state index < -0.39 is 6.04 Å². The van der Waals surface area contributed by atoms with Crippen LogP contribution >= 0.6 is 23.2 Å². The van der Waals surface area contributed by atoms with Gasteiger partial charge in [-0.25, -0.2) is 9.98 Å². The average Bonchev–Trinajstić information content (AvgIpc) is 2.57. The van der Waals surface area contributed by atoms with Crippen molar-refractivity contribution in [3.63, 3.8) is 0 Å². The molecule has 1 aliphatic rings. The maximum absolute atomic E-state index is 9.28. The average molecular weight is 373 g/mol. The van der Waals surface area contributed by atoms with Crippen LogP contribution in [-0.4, -0.2) is 10.9 Å². The van der Waals surface area contributed by atoms with Gasteiger partial charge in [0.2, 0.25) is 5.96 Å². The van der Waals surface area contributed by atoms with Crippen molar-refractivity contribution >= 4 is 46.5 Å². The van der Waals surface area contributed by atoms with Crippen molar-refractivity contribution in [1.82, 2.24) is 10.3 Å². The van der Waals surface area contributed by atoms with Gasteiger partial charge in [-0.05, 0) is 18.2 Å². The van der Waals surface area contributed by atoms with Crippen LogP contribution in [0.5, 0.6) is 0 Å². The van der Waals surface area contributed by atoms with Crippen molar-refractivity contribution in [2.75, 3.05) is 16.8 Å². The Labute approximate surface area is 152 Å². The van der Waals surface area contributed by atoms with E-state index in [1.807, 2.05) is 6.07 Å². The van der Waals surface area contributed by atoms with Gasteiger partial charge < -0.3 is 16.8 Å². The lowest BCUT2D eigenvalue weighted by Gasteiger charge is -2.26. The van der Waals surface area contributed by atoms with Crippen LogP contribution < -0.4 is 22.1 Å². The van der Waals surface area contributed by atoms with Crippen molar-refractivity contribution < 1.29 is 0 Å². The van der Waals surface area contributed by atoms with Crippen LogP contribution in [0.4, 0.5) is 17.3 Å². The number of nitrogens with one attached hydrogen (secondary N) is 2. The largest absolute Gasteiger partial charge is 0.397 e. The van der Waals surface area contributed by atoms with Crippen molar-refractivity contribution in [1.29, 1.82) is 10.5 Å². The minimum absolute atomic E-state index is 0.0274. The topological polar surface area (TPSA) is 149 Å². The van der Waals surface area contributed by atoms with Crippen LogP contribution in [0.25, 0.3) is 0 Å². The third kappa shape index (κ3) is 2.85. The van der Waals surface area contributed by atoms with E-state index in [4.69, 9.17) is 39.9 Å². The fourth-order valence-corrected chi connectivity index (χ4v) is 2.93. The van der Waals surface area contributed by atoms with Crippen molar-refractivity contribution in [2.24, 2.45) is 4.99 Å². The Morgan fingerprint density at radius 2 is 2.00 bits per heavy atom. The molecule has 1 aliphatic heterocycles. The van der Waals surface area contributed by atoms with Gasteiger partial charge in [0.05, 0.1) is 5.69 Å². The Morgan fingerprint density at radius 1 is 1.24 bits per heavy atom. The second-order valence-corrected chi connectivity index (χ2v) is 5.91. The summed E-state index contributed by atoms with van der Waals surface area (Å²) < 4.78 is 0. The second-order valence-electron chi connectivity index (χ2n) is 5.07. The molecule has 1 atom stereocenters. The number of fused-ring (bicyclic) bond motifs is 1. The van der Waals surface area contributed by atoms with Crippen LogP contribution in [0.15, 0.2) is 23.2 Å². The summed E-state index contributed by atoms with van der Waals surface area (Å²) in [6.07, 6.45) is 1.77. The van der Waals surface area contributed by atoms with Crippen molar-refractivity contribution in [3.8, 4) is 12.3 Å². The quantitative estimate of drug-likeness (QED) is 0.443. The first-order valence-electron chi connectivity index (χ1n) is 6.90. The zero-order valence-electron chi connectivity index (χ0n) is 12.5. The smallest absolute Gasteiger partial charge is 0.211 e. The van der Waals surface area contributed by atoms with Crippen molar-refractivity contribution in [3.05, 3.63) is 44.9 Å². The zero-order valence-corrected chi connectivity index (χ0v) is 14.0. The van der Waals surface area contributed by atoms with Gasteiger partial charge in [0.25, 0.3) is 0 Å². The normalized spacial score (nSPS) is 15.2. The predicted molar refractivity (Wildman–Crippen MR) is 95.9 cm³/mol. The number of benzene rings is 1. The van der Waals surface area contributed by atoms with Crippen LogP contribution in [0.3, 0.4) is 0 Å².